The zero-order valence-electron chi connectivity index (χ0n) is 20.1. The van der Waals surface area contributed by atoms with Crippen molar-refractivity contribution in [1.29, 1.82) is 0 Å². The predicted octanol–water partition coefficient (Wildman–Crippen LogP) is 3.39. The smallest absolute Gasteiger partial charge is 0.262 e. The Kier molecular flexibility index (Phi) is 6.97. The molecule has 0 saturated heterocycles. The molecule has 0 N–H and O–H groups in total. The first-order chi connectivity index (χ1) is 16.3. The van der Waals surface area contributed by atoms with E-state index in [0.29, 0.717) is 6.54 Å². The molecule has 182 valence electrons. The molecule has 1 aromatic heterocycles. The molecule has 0 bridgehead atoms. The first kappa shape index (κ1) is 24.3. The van der Waals surface area contributed by atoms with Gasteiger partial charge in [-0.3, -0.25) is 4.68 Å². The molecule has 3 aromatic rings. The van der Waals surface area contributed by atoms with Crippen LogP contribution in [0.5, 0.6) is 11.5 Å². The summed E-state index contributed by atoms with van der Waals surface area (Å²) < 4.78 is 41.1. The molecular formula is C25H32N4O4S. The van der Waals surface area contributed by atoms with Crippen LogP contribution in [0.4, 0.5) is 0 Å². The fourth-order valence-corrected chi connectivity index (χ4v) is 5.33. The topological polar surface area (TPSA) is 76.9 Å². The van der Waals surface area contributed by atoms with Gasteiger partial charge in [0.1, 0.15) is 11.5 Å². The Morgan fingerprint density at radius 3 is 1.79 bits per heavy atom. The highest BCUT2D eigenvalue weighted by Crippen LogP contribution is 2.41. The molecule has 1 aliphatic rings. The van der Waals surface area contributed by atoms with Crippen molar-refractivity contribution in [3.05, 3.63) is 71.9 Å². The minimum Gasteiger partial charge on any atom is -0.497 e. The molecule has 8 nitrogen and oxygen atoms in total. The fourth-order valence-electron chi connectivity index (χ4n) is 3.99. The number of benzene rings is 2. The van der Waals surface area contributed by atoms with E-state index in [9.17, 15) is 8.42 Å². The van der Waals surface area contributed by atoms with E-state index in [1.807, 2.05) is 48.5 Å². The van der Waals surface area contributed by atoms with Gasteiger partial charge in [-0.25, -0.2) is 8.42 Å². The van der Waals surface area contributed by atoms with Gasteiger partial charge in [-0.1, -0.05) is 24.3 Å². The second-order valence-corrected chi connectivity index (χ2v) is 10.8. The predicted molar refractivity (Wildman–Crippen MR) is 130 cm³/mol. The lowest BCUT2D eigenvalue weighted by atomic mass is 10.2. The number of hydrogen-bond acceptors (Lipinski definition) is 6. The number of hydrogen-bond donors (Lipinski definition) is 0. The van der Waals surface area contributed by atoms with Crippen molar-refractivity contribution in [2.24, 2.45) is 0 Å². The van der Waals surface area contributed by atoms with Crippen molar-refractivity contribution in [2.45, 2.75) is 43.0 Å². The van der Waals surface area contributed by atoms with Crippen LogP contribution < -0.4 is 9.47 Å². The Labute approximate surface area is 201 Å². The van der Waals surface area contributed by atoms with Gasteiger partial charge in [-0.05, 0) is 68.4 Å². The molecule has 34 heavy (non-hydrogen) atoms. The van der Waals surface area contributed by atoms with E-state index in [0.717, 1.165) is 35.5 Å². The first-order valence-corrected chi connectivity index (χ1v) is 12.7. The zero-order valence-corrected chi connectivity index (χ0v) is 21.0. The van der Waals surface area contributed by atoms with Gasteiger partial charge in [-0.2, -0.15) is 9.40 Å². The van der Waals surface area contributed by atoms with Crippen LogP contribution in [0, 0.1) is 0 Å². The largest absolute Gasteiger partial charge is 0.497 e. The van der Waals surface area contributed by atoms with Gasteiger partial charge in [0.2, 0.25) is 0 Å². The average molecular weight is 485 g/mol. The molecule has 1 saturated carbocycles. The Hall–Kier alpha value is -2.88. The first-order valence-electron chi connectivity index (χ1n) is 11.2. The van der Waals surface area contributed by atoms with Crippen molar-refractivity contribution in [2.75, 3.05) is 28.3 Å². The van der Waals surface area contributed by atoms with E-state index in [4.69, 9.17) is 9.47 Å². The summed E-state index contributed by atoms with van der Waals surface area (Å²) in [6.45, 7) is 1.10. The summed E-state index contributed by atoms with van der Waals surface area (Å²) in [6, 6.07) is 16.4. The minimum absolute atomic E-state index is 0.0593. The third kappa shape index (κ3) is 5.27. The van der Waals surface area contributed by atoms with Gasteiger partial charge in [0, 0.05) is 24.8 Å². The number of ether oxygens (including phenoxy) is 2. The van der Waals surface area contributed by atoms with Gasteiger partial charge in [0.05, 0.1) is 20.8 Å². The van der Waals surface area contributed by atoms with Crippen LogP contribution in [0.15, 0.2) is 65.8 Å². The lowest BCUT2D eigenvalue weighted by molar-refractivity contribution is 0.233. The summed E-state index contributed by atoms with van der Waals surface area (Å²) in [5.74, 6) is 1.45. The number of rotatable bonds is 11. The number of nitrogens with zero attached hydrogens (tertiary/aromatic N) is 4. The second-order valence-electron chi connectivity index (χ2n) is 8.94. The van der Waals surface area contributed by atoms with Crippen molar-refractivity contribution in [3.8, 4) is 11.5 Å². The fraction of sp³-hybridized carbons (Fsp3) is 0.400. The number of sulfonamides is 1. The van der Waals surface area contributed by atoms with Crippen LogP contribution in [0.1, 0.15) is 24.0 Å². The van der Waals surface area contributed by atoms with Gasteiger partial charge < -0.3 is 14.4 Å². The summed E-state index contributed by atoms with van der Waals surface area (Å²) in [5.41, 5.74) is 1.79. The van der Waals surface area contributed by atoms with E-state index in [-0.39, 0.29) is 23.7 Å². The maximum absolute atomic E-state index is 13.7. The van der Waals surface area contributed by atoms with Crippen LogP contribution in [-0.2, 0) is 29.7 Å². The summed E-state index contributed by atoms with van der Waals surface area (Å²) in [7, 11) is 3.48. The van der Waals surface area contributed by atoms with Crippen molar-refractivity contribution >= 4 is 10.0 Å². The quantitative estimate of drug-likeness (QED) is 0.415. The van der Waals surface area contributed by atoms with Gasteiger partial charge >= 0.3 is 0 Å². The lowest BCUT2D eigenvalue weighted by Gasteiger charge is -2.23. The normalized spacial score (nSPS) is 15.0. The molecule has 1 aliphatic carbocycles. The summed E-state index contributed by atoms with van der Waals surface area (Å²) >= 11 is 0. The second kappa shape index (κ2) is 9.77. The summed E-state index contributed by atoms with van der Waals surface area (Å²) in [5, 5.41) is 4.53. The Bertz CT molecular complexity index is 1150. The Morgan fingerprint density at radius 1 is 0.882 bits per heavy atom. The molecule has 0 radical (unpaired) electrons. The maximum atomic E-state index is 13.7. The molecule has 2 aromatic carbocycles. The van der Waals surface area contributed by atoms with Crippen LogP contribution in [-0.4, -0.2) is 61.3 Å². The van der Waals surface area contributed by atoms with Crippen molar-refractivity contribution < 1.29 is 17.9 Å². The van der Waals surface area contributed by atoms with E-state index in [1.165, 1.54) is 4.31 Å². The highest BCUT2D eigenvalue weighted by atomic mass is 32.2. The van der Waals surface area contributed by atoms with E-state index in [2.05, 4.69) is 24.1 Å². The highest BCUT2D eigenvalue weighted by Gasteiger charge is 2.45. The molecule has 0 aliphatic heterocycles. The van der Waals surface area contributed by atoms with Gasteiger partial charge in [-0.15, -0.1) is 0 Å². The molecule has 9 heteroatoms. The average Bonchev–Trinajstić information content (AvgIpc) is 3.47. The minimum atomic E-state index is -3.84. The van der Waals surface area contributed by atoms with E-state index < -0.39 is 10.0 Å². The third-order valence-electron chi connectivity index (χ3n) is 6.49. The molecule has 0 spiro atoms. The van der Waals surface area contributed by atoms with Crippen LogP contribution >= 0.6 is 0 Å². The van der Waals surface area contributed by atoms with Crippen molar-refractivity contribution in [1.82, 2.24) is 19.0 Å². The van der Waals surface area contributed by atoms with Crippen LogP contribution in [0.2, 0.25) is 0 Å². The SMILES string of the molecule is COc1ccc(CN(Cc2ccc(OC)cc2)S(=O)(=O)c2ccn(CC3(N(C)C)CC3)n2)cc1. The van der Waals surface area contributed by atoms with Crippen LogP contribution in [0.25, 0.3) is 0 Å². The summed E-state index contributed by atoms with van der Waals surface area (Å²) in [6.07, 6.45) is 3.93. The molecule has 0 atom stereocenters. The van der Waals surface area contributed by atoms with Gasteiger partial charge in [0.15, 0.2) is 5.03 Å². The number of aromatic nitrogens is 2. The lowest BCUT2D eigenvalue weighted by Crippen LogP contribution is -2.35. The van der Waals surface area contributed by atoms with Crippen molar-refractivity contribution in [3.63, 3.8) is 0 Å². The standard InChI is InChI=1S/C25H32N4O4S/c1-27(2)25(14-15-25)19-28-16-13-24(26-28)34(30,31)29(17-20-5-9-22(32-3)10-6-20)18-21-7-11-23(33-4)12-8-21/h5-13,16H,14-15,17-19H2,1-4H3. The molecule has 1 heterocycles. The third-order valence-corrected chi connectivity index (χ3v) is 8.17. The highest BCUT2D eigenvalue weighted by molar-refractivity contribution is 7.89. The molecule has 0 unspecified atom stereocenters. The Balaban J connectivity index is 1.60. The summed E-state index contributed by atoms with van der Waals surface area (Å²) in [4.78, 5) is 2.20. The monoisotopic (exact) mass is 484 g/mol. The number of likely N-dealkylation sites (N-methyl/N-ethyl adjacent to an activating group) is 1. The van der Waals surface area contributed by atoms with Gasteiger partial charge in [0.25, 0.3) is 10.0 Å². The number of methoxy groups -OCH3 is 2. The molecule has 1 fully saturated rings. The molecule has 4 rings (SSSR count). The maximum Gasteiger partial charge on any atom is 0.262 e. The van der Waals surface area contributed by atoms with E-state index in [1.54, 1.807) is 31.2 Å². The van der Waals surface area contributed by atoms with Crippen LogP contribution in [0.3, 0.4) is 0 Å². The molecule has 0 amide bonds. The molecular weight excluding hydrogens is 452 g/mol. The Morgan fingerprint density at radius 2 is 1.38 bits per heavy atom. The zero-order chi connectivity index (χ0) is 24.3. The van der Waals surface area contributed by atoms with E-state index >= 15 is 0 Å².